The molecule has 2 nitrogen and oxygen atoms in total. The van der Waals surface area contributed by atoms with Gasteiger partial charge in [0.05, 0.1) is 0 Å². The fourth-order valence-electron chi connectivity index (χ4n) is 2.72. The average molecular weight is 356 g/mol. The van der Waals surface area contributed by atoms with Gasteiger partial charge in [-0.25, -0.2) is 0 Å². The number of nitrogens with zero attached hydrogens (tertiary/aromatic N) is 1. The minimum atomic E-state index is -0.183. The number of thioether (sulfide) groups is 1. The minimum Gasteiger partial charge on any atom is -0.341 e. The number of hydrogen-bond donors (Lipinski definition) is 0. The maximum atomic E-state index is 13.4. The molecular formula is C22H29NOS. The predicted molar refractivity (Wildman–Crippen MR) is 108 cm³/mol. The molecule has 1 amide bonds. The third kappa shape index (κ3) is 6.24. The lowest BCUT2D eigenvalue weighted by Crippen LogP contribution is -2.35. The Hall–Kier alpha value is -1.74. The molecule has 0 aromatic heterocycles. The Balaban J connectivity index is 2.23. The molecule has 0 aliphatic rings. The predicted octanol–water partition coefficient (Wildman–Crippen LogP) is 5.95. The first-order valence-electron chi connectivity index (χ1n) is 9.31. The zero-order valence-electron chi connectivity index (χ0n) is 15.4. The van der Waals surface area contributed by atoms with Crippen LogP contribution >= 0.6 is 11.8 Å². The molecule has 2 rings (SSSR count). The largest absolute Gasteiger partial charge is 0.341 e. The van der Waals surface area contributed by atoms with Crippen molar-refractivity contribution in [2.75, 3.05) is 13.1 Å². The van der Waals surface area contributed by atoms with Gasteiger partial charge in [0.15, 0.2) is 0 Å². The van der Waals surface area contributed by atoms with Gasteiger partial charge in [0, 0.05) is 18.0 Å². The van der Waals surface area contributed by atoms with Crippen molar-refractivity contribution in [3.05, 3.63) is 66.2 Å². The number of carbonyl (C=O) groups excluding carboxylic acids is 1. The smallest absolute Gasteiger partial charge is 0.240 e. The summed E-state index contributed by atoms with van der Waals surface area (Å²) in [5.41, 5.74) is 1.08. The van der Waals surface area contributed by atoms with E-state index >= 15 is 0 Å². The van der Waals surface area contributed by atoms with Crippen LogP contribution in [0, 0.1) is 0 Å². The Morgan fingerprint density at radius 2 is 1.40 bits per heavy atom. The number of amides is 1. The van der Waals surface area contributed by atoms with E-state index in [2.05, 4.69) is 43.0 Å². The van der Waals surface area contributed by atoms with E-state index in [0.717, 1.165) is 49.2 Å². The average Bonchev–Trinajstić information content (AvgIpc) is 2.67. The summed E-state index contributed by atoms with van der Waals surface area (Å²) in [7, 11) is 0. The van der Waals surface area contributed by atoms with Crippen molar-refractivity contribution >= 4 is 17.7 Å². The Morgan fingerprint density at radius 1 is 0.880 bits per heavy atom. The lowest BCUT2D eigenvalue weighted by Gasteiger charge is -2.27. The van der Waals surface area contributed by atoms with E-state index in [-0.39, 0.29) is 11.2 Å². The molecule has 0 spiro atoms. The van der Waals surface area contributed by atoms with Crippen LogP contribution in [0.2, 0.25) is 0 Å². The summed E-state index contributed by atoms with van der Waals surface area (Å²) >= 11 is 1.65. The molecule has 0 saturated heterocycles. The zero-order valence-corrected chi connectivity index (χ0v) is 16.2. The summed E-state index contributed by atoms with van der Waals surface area (Å²) in [6.45, 7) is 6.06. The van der Waals surface area contributed by atoms with Crippen molar-refractivity contribution in [2.45, 2.75) is 49.7 Å². The van der Waals surface area contributed by atoms with Crippen molar-refractivity contribution in [3.63, 3.8) is 0 Å². The van der Waals surface area contributed by atoms with E-state index in [1.54, 1.807) is 11.8 Å². The number of hydrogen-bond acceptors (Lipinski definition) is 2. The Kier molecular flexibility index (Phi) is 8.61. The highest BCUT2D eigenvalue weighted by atomic mass is 32.2. The first kappa shape index (κ1) is 19.6. The van der Waals surface area contributed by atoms with Gasteiger partial charge >= 0.3 is 0 Å². The van der Waals surface area contributed by atoms with Crippen molar-refractivity contribution < 1.29 is 4.79 Å². The molecule has 0 heterocycles. The van der Waals surface area contributed by atoms with Gasteiger partial charge in [-0.05, 0) is 30.5 Å². The highest BCUT2D eigenvalue weighted by Crippen LogP contribution is 2.36. The van der Waals surface area contributed by atoms with E-state index in [4.69, 9.17) is 0 Å². The Labute approximate surface area is 156 Å². The van der Waals surface area contributed by atoms with Crippen molar-refractivity contribution in [1.29, 1.82) is 0 Å². The second-order valence-electron chi connectivity index (χ2n) is 6.25. The molecule has 134 valence electrons. The van der Waals surface area contributed by atoms with Crippen LogP contribution in [-0.2, 0) is 4.79 Å². The van der Waals surface area contributed by atoms with Crippen LogP contribution < -0.4 is 0 Å². The molecule has 0 radical (unpaired) electrons. The second kappa shape index (κ2) is 11.0. The maximum absolute atomic E-state index is 13.4. The Bertz CT molecular complexity index is 606. The number of unbranched alkanes of at least 4 members (excludes halogenated alkanes) is 2. The van der Waals surface area contributed by atoms with Crippen molar-refractivity contribution in [2.24, 2.45) is 0 Å². The first-order chi connectivity index (χ1) is 12.3. The highest BCUT2D eigenvalue weighted by molar-refractivity contribution is 8.00. The molecule has 3 heteroatoms. The molecule has 25 heavy (non-hydrogen) atoms. The standard InChI is InChI=1S/C22H29NOS/c1-3-5-17-23(18-6-4-2)22(24)21(19-13-9-7-10-14-19)25-20-15-11-8-12-16-20/h7-16,21H,3-6,17-18H2,1-2H3. The van der Waals surface area contributed by atoms with Crippen LogP contribution in [0.3, 0.4) is 0 Å². The van der Waals surface area contributed by atoms with Gasteiger partial charge < -0.3 is 4.90 Å². The molecule has 2 aromatic rings. The third-order valence-corrected chi connectivity index (χ3v) is 5.45. The van der Waals surface area contributed by atoms with Gasteiger partial charge in [-0.2, -0.15) is 0 Å². The molecule has 0 aliphatic carbocycles. The second-order valence-corrected chi connectivity index (χ2v) is 7.43. The van der Waals surface area contributed by atoms with E-state index in [1.807, 2.05) is 36.4 Å². The first-order valence-corrected chi connectivity index (χ1v) is 10.2. The number of carbonyl (C=O) groups is 1. The zero-order chi connectivity index (χ0) is 17.9. The molecule has 0 bridgehead atoms. The summed E-state index contributed by atoms with van der Waals surface area (Å²) in [5, 5.41) is -0.183. The minimum absolute atomic E-state index is 0.183. The summed E-state index contributed by atoms with van der Waals surface area (Å²) in [5.74, 6) is 0.238. The normalized spacial score (nSPS) is 11.9. The Morgan fingerprint density at radius 3 is 1.92 bits per heavy atom. The van der Waals surface area contributed by atoms with E-state index in [1.165, 1.54) is 0 Å². The summed E-state index contributed by atoms with van der Waals surface area (Å²) in [4.78, 5) is 16.6. The van der Waals surface area contributed by atoms with Crippen LogP contribution in [0.5, 0.6) is 0 Å². The fourth-order valence-corrected chi connectivity index (χ4v) is 3.85. The van der Waals surface area contributed by atoms with Gasteiger partial charge in [0.25, 0.3) is 0 Å². The maximum Gasteiger partial charge on any atom is 0.240 e. The van der Waals surface area contributed by atoms with Crippen molar-refractivity contribution in [3.8, 4) is 0 Å². The van der Waals surface area contributed by atoms with Crippen LogP contribution in [0.4, 0.5) is 0 Å². The monoisotopic (exact) mass is 355 g/mol. The van der Waals surface area contributed by atoms with Gasteiger partial charge in [-0.3, -0.25) is 4.79 Å². The van der Waals surface area contributed by atoms with Crippen LogP contribution in [-0.4, -0.2) is 23.9 Å². The topological polar surface area (TPSA) is 20.3 Å². The summed E-state index contributed by atoms with van der Waals surface area (Å²) in [6, 6.07) is 20.4. The number of rotatable bonds is 10. The van der Waals surface area contributed by atoms with E-state index in [9.17, 15) is 4.79 Å². The SMILES string of the molecule is CCCCN(CCCC)C(=O)C(Sc1ccccc1)c1ccccc1. The van der Waals surface area contributed by atoms with E-state index < -0.39 is 0 Å². The molecule has 2 aromatic carbocycles. The summed E-state index contributed by atoms with van der Waals surface area (Å²) in [6.07, 6.45) is 4.34. The molecule has 0 N–H and O–H groups in total. The molecule has 1 atom stereocenters. The lowest BCUT2D eigenvalue weighted by molar-refractivity contribution is -0.130. The fraction of sp³-hybridized carbons (Fsp3) is 0.409. The van der Waals surface area contributed by atoms with Crippen LogP contribution in [0.1, 0.15) is 50.3 Å². The van der Waals surface area contributed by atoms with Crippen LogP contribution in [0.15, 0.2) is 65.6 Å². The molecular weight excluding hydrogens is 326 g/mol. The summed E-state index contributed by atoms with van der Waals surface area (Å²) < 4.78 is 0. The molecule has 0 aliphatic heterocycles. The van der Waals surface area contributed by atoms with Gasteiger partial charge in [0.1, 0.15) is 5.25 Å². The highest BCUT2D eigenvalue weighted by Gasteiger charge is 2.26. The number of benzene rings is 2. The van der Waals surface area contributed by atoms with Gasteiger partial charge in [0.2, 0.25) is 5.91 Å². The molecule has 0 saturated carbocycles. The molecule has 0 fully saturated rings. The van der Waals surface area contributed by atoms with E-state index in [0.29, 0.717) is 0 Å². The van der Waals surface area contributed by atoms with Crippen LogP contribution in [0.25, 0.3) is 0 Å². The lowest BCUT2D eigenvalue weighted by atomic mass is 10.1. The van der Waals surface area contributed by atoms with Crippen molar-refractivity contribution in [1.82, 2.24) is 4.90 Å². The molecule has 1 unspecified atom stereocenters. The van der Waals surface area contributed by atoms with Gasteiger partial charge in [-0.15, -0.1) is 11.8 Å². The third-order valence-electron chi connectivity index (χ3n) is 4.20. The quantitative estimate of drug-likeness (QED) is 0.491. The van der Waals surface area contributed by atoms with Gasteiger partial charge in [-0.1, -0.05) is 75.2 Å².